The lowest BCUT2D eigenvalue weighted by atomic mass is 10.1. The van der Waals surface area contributed by atoms with E-state index in [2.05, 4.69) is 5.32 Å². The van der Waals surface area contributed by atoms with Crippen molar-refractivity contribution in [2.75, 3.05) is 39.2 Å². The van der Waals surface area contributed by atoms with E-state index >= 15 is 0 Å². The number of nitrogens with one attached hydrogen (secondary N) is 1. The fraction of sp³-hybridized carbons (Fsp3) is 0.562. The summed E-state index contributed by atoms with van der Waals surface area (Å²) < 4.78 is 10.8. The monoisotopic (exact) mass is 292 g/mol. The lowest BCUT2D eigenvalue weighted by molar-refractivity contribution is -0.117. The third-order valence-corrected chi connectivity index (χ3v) is 3.58. The van der Waals surface area contributed by atoms with Crippen LogP contribution in [0.4, 0.5) is 5.69 Å². The van der Waals surface area contributed by atoms with Crippen LogP contribution in [-0.2, 0) is 9.53 Å². The van der Waals surface area contributed by atoms with Crippen LogP contribution < -0.4 is 10.1 Å². The summed E-state index contributed by atoms with van der Waals surface area (Å²) in [5.41, 5.74) is 0.781. The maximum absolute atomic E-state index is 12.0. The van der Waals surface area contributed by atoms with Crippen LogP contribution in [0.5, 0.6) is 5.75 Å². The number of carbonyl (C=O) groups excluding carboxylic acids is 1. The molecule has 1 saturated heterocycles. The highest BCUT2D eigenvalue weighted by molar-refractivity contribution is 5.92. The molecule has 5 nitrogen and oxygen atoms in total. The summed E-state index contributed by atoms with van der Waals surface area (Å²) in [7, 11) is 3.57. The number of anilines is 1. The molecule has 0 bridgehead atoms. The molecule has 1 aliphatic rings. The third kappa shape index (κ3) is 5.36. The maximum atomic E-state index is 12.0. The molecule has 0 spiro atoms. The van der Waals surface area contributed by atoms with Crippen LogP contribution in [0.2, 0.25) is 0 Å². The van der Waals surface area contributed by atoms with Gasteiger partial charge < -0.3 is 14.8 Å². The molecule has 1 fully saturated rings. The molecule has 5 heteroatoms. The number of hydrogen-bond acceptors (Lipinski definition) is 4. The standard InChI is InChI=1S/C16H24N2O3/c1-18(11-15-5-3-4-10-21-15)12-16(19)17-13-6-8-14(20-2)9-7-13/h6-9,15H,3-5,10-12H2,1-2H3,(H,17,19)/t15-/m0/s1. The lowest BCUT2D eigenvalue weighted by Gasteiger charge is -2.27. The number of benzene rings is 1. The van der Waals surface area contributed by atoms with Crippen LogP contribution in [0.1, 0.15) is 19.3 Å². The molecule has 0 aromatic heterocycles. The minimum Gasteiger partial charge on any atom is -0.497 e. The summed E-state index contributed by atoms with van der Waals surface area (Å²) in [4.78, 5) is 14.0. The molecule has 1 heterocycles. The van der Waals surface area contributed by atoms with Crippen LogP contribution in [0, 0.1) is 0 Å². The van der Waals surface area contributed by atoms with Crippen molar-refractivity contribution in [3.8, 4) is 5.75 Å². The highest BCUT2D eigenvalue weighted by atomic mass is 16.5. The van der Waals surface area contributed by atoms with E-state index < -0.39 is 0 Å². The Labute approximate surface area is 126 Å². The smallest absolute Gasteiger partial charge is 0.238 e. The van der Waals surface area contributed by atoms with Gasteiger partial charge in [-0.25, -0.2) is 0 Å². The molecule has 2 rings (SSSR count). The minimum absolute atomic E-state index is 0.0153. The Morgan fingerprint density at radius 1 is 1.38 bits per heavy atom. The first-order valence-electron chi connectivity index (χ1n) is 7.41. The summed E-state index contributed by atoms with van der Waals surface area (Å²) >= 11 is 0. The van der Waals surface area contributed by atoms with Crippen molar-refractivity contribution in [3.05, 3.63) is 24.3 Å². The quantitative estimate of drug-likeness (QED) is 0.872. The van der Waals surface area contributed by atoms with Gasteiger partial charge in [-0.2, -0.15) is 0 Å². The van der Waals surface area contributed by atoms with Gasteiger partial charge in [-0.05, 0) is 50.6 Å². The second kappa shape index (κ2) is 8.00. The highest BCUT2D eigenvalue weighted by Gasteiger charge is 2.17. The summed E-state index contributed by atoms with van der Waals surface area (Å²) in [6.45, 7) is 2.01. The summed E-state index contributed by atoms with van der Waals surface area (Å²) in [6, 6.07) is 7.33. The van der Waals surface area contributed by atoms with E-state index in [9.17, 15) is 4.79 Å². The summed E-state index contributed by atoms with van der Waals surface area (Å²) in [5.74, 6) is 0.762. The topological polar surface area (TPSA) is 50.8 Å². The molecular weight excluding hydrogens is 268 g/mol. The largest absolute Gasteiger partial charge is 0.497 e. The Bertz CT molecular complexity index is 441. The number of ether oxygens (including phenoxy) is 2. The second-order valence-corrected chi connectivity index (χ2v) is 5.46. The van der Waals surface area contributed by atoms with E-state index in [-0.39, 0.29) is 12.0 Å². The Kier molecular flexibility index (Phi) is 6.02. The first-order valence-corrected chi connectivity index (χ1v) is 7.41. The zero-order valence-electron chi connectivity index (χ0n) is 12.8. The van der Waals surface area contributed by atoms with Crippen LogP contribution in [-0.4, -0.2) is 50.8 Å². The van der Waals surface area contributed by atoms with Gasteiger partial charge in [0.2, 0.25) is 5.91 Å². The molecule has 21 heavy (non-hydrogen) atoms. The van der Waals surface area contributed by atoms with E-state index in [1.807, 2.05) is 36.2 Å². The molecule has 1 aliphatic heterocycles. The van der Waals surface area contributed by atoms with Crippen LogP contribution in [0.15, 0.2) is 24.3 Å². The molecule has 116 valence electrons. The summed E-state index contributed by atoms with van der Waals surface area (Å²) in [5, 5.41) is 2.88. The fourth-order valence-corrected chi connectivity index (χ4v) is 2.48. The molecule has 1 N–H and O–H groups in total. The van der Waals surface area contributed by atoms with E-state index in [0.29, 0.717) is 6.54 Å². The van der Waals surface area contributed by atoms with Crippen molar-refractivity contribution in [1.29, 1.82) is 0 Å². The average Bonchev–Trinajstić information content (AvgIpc) is 2.48. The number of amides is 1. The molecular formula is C16H24N2O3. The molecule has 1 aromatic rings. The van der Waals surface area contributed by atoms with Crippen molar-refractivity contribution in [3.63, 3.8) is 0 Å². The van der Waals surface area contributed by atoms with Gasteiger partial charge in [0.05, 0.1) is 19.8 Å². The molecule has 1 amide bonds. The first kappa shape index (κ1) is 15.8. The lowest BCUT2D eigenvalue weighted by Crippen LogP contribution is -2.37. The summed E-state index contributed by atoms with van der Waals surface area (Å²) in [6.07, 6.45) is 3.72. The van der Waals surface area contributed by atoms with Crippen molar-refractivity contribution < 1.29 is 14.3 Å². The number of likely N-dealkylation sites (N-methyl/N-ethyl adjacent to an activating group) is 1. The van der Waals surface area contributed by atoms with Crippen LogP contribution >= 0.6 is 0 Å². The van der Waals surface area contributed by atoms with E-state index in [1.54, 1.807) is 7.11 Å². The van der Waals surface area contributed by atoms with Crippen molar-refractivity contribution >= 4 is 11.6 Å². The number of methoxy groups -OCH3 is 1. The molecule has 0 unspecified atom stereocenters. The zero-order valence-corrected chi connectivity index (χ0v) is 12.8. The predicted octanol–water partition coefficient (Wildman–Crippen LogP) is 2.13. The first-order chi connectivity index (χ1) is 10.2. The van der Waals surface area contributed by atoms with Gasteiger partial charge in [-0.15, -0.1) is 0 Å². The third-order valence-electron chi connectivity index (χ3n) is 3.58. The molecule has 1 atom stereocenters. The second-order valence-electron chi connectivity index (χ2n) is 5.46. The number of carbonyl (C=O) groups is 1. The number of hydrogen-bond donors (Lipinski definition) is 1. The van der Waals surface area contributed by atoms with Crippen molar-refractivity contribution in [2.45, 2.75) is 25.4 Å². The molecule has 1 aromatic carbocycles. The molecule has 0 radical (unpaired) electrons. The maximum Gasteiger partial charge on any atom is 0.238 e. The fourth-order valence-electron chi connectivity index (χ4n) is 2.48. The minimum atomic E-state index is -0.0153. The van der Waals surface area contributed by atoms with Crippen molar-refractivity contribution in [2.24, 2.45) is 0 Å². The predicted molar refractivity (Wildman–Crippen MR) is 82.7 cm³/mol. The van der Waals surface area contributed by atoms with E-state index in [4.69, 9.17) is 9.47 Å². The number of nitrogens with zero attached hydrogens (tertiary/aromatic N) is 1. The van der Waals surface area contributed by atoms with Gasteiger partial charge in [-0.3, -0.25) is 9.69 Å². The van der Waals surface area contributed by atoms with Gasteiger partial charge in [0.15, 0.2) is 0 Å². The zero-order chi connectivity index (χ0) is 15.1. The Morgan fingerprint density at radius 3 is 2.76 bits per heavy atom. The van der Waals surface area contributed by atoms with E-state index in [0.717, 1.165) is 37.4 Å². The van der Waals surface area contributed by atoms with Crippen LogP contribution in [0.3, 0.4) is 0 Å². The van der Waals surface area contributed by atoms with Gasteiger partial charge in [-0.1, -0.05) is 0 Å². The van der Waals surface area contributed by atoms with Gasteiger partial charge >= 0.3 is 0 Å². The molecule has 0 aliphatic carbocycles. The van der Waals surface area contributed by atoms with Gasteiger partial charge in [0.25, 0.3) is 0 Å². The normalized spacial score (nSPS) is 18.5. The SMILES string of the molecule is COc1ccc(NC(=O)CN(C)C[C@@H]2CCCCO2)cc1. The highest BCUT2D eigenvalue weighted by Crippen LogP contribution is 2.15. The van der Waals surface area contributed by atoms with Gasteiger partial charge in [0, 0.05) is 18.8 Å². The Morgan fingerprint density at radius 2 is 2.14 bits per heavy atom. The molecule has 0 saturated carbocycles. The van der Waals surface area contributed by atoms with Gasteiger partial charge in [0.1, 0.15) is 5.75 Å². The van der Waals surface area contributed by atoms with Crippen molar-refractivity contribution in [1.82, 2.24) is 4.90 Å². The van der Waals surface area contributed by atoms with Crippen LogP contribution in [0.25, 0.3) is 0 Å². The average molecular weight is 292 g/mol. The van der Waals surface area contributed by atoms with E-state index in [1.165, 1.54) is 6.42 Å². The Hall–Kier alpha value is -1.59. The Balaban J connectivity index is 1.74. The number of rotatable bonds is 6.